The predicted octanol–water partition coefficient (Wildman–Crippen LogP) is 2.79. The molecular weight excluding hydrogens is 340 g/mol. The fourth-order valence-electron chi connectivity index (χ4n) is 2.95. The van der Waals surface area contributed by atoms with Crippen LogP contribution in [0.1, 0.15) is 63.6 Å². The number of carbonyl (C=O) groups is 2. The fraction of sp³-hybridized carbons (Fsp3) is 0.529. The Bertz CT molecular complexity index is 835. The molecule has 0 radical (unpaired) electrons. The summed E-state index contributed by atoms with van der Waals surface area (Å²) >= 11 is 1.38. The molecule has 2 aromatic heterocycles. The van der Waals surface area contributed by atoms with E-state index in [-0.39, 0.29) is 11.0 Å². The first kappa shape index (κ1) is 17.7. The van der Waals surface area contributed by atoms with Gasteiger partial charge in [0.15, 0.2) is 10.9 Å². The van der Waals surface area contributed by atoms with Gasteiger partial charge in [-0.15, -0.1) is 10.2 Å². The van der Waals surface area contributed by atoms with Gasteiger partial charge in [0.1, 0.15) is 5.82 Å². The second-order valence-corrected chi connectivity index (χ2v) is 7.72. The number of aryl methyl sites for hydroxylation is 1. The Balaban J connectivity index is 1.80. The molecule has 1 fully saturated rings. The third-order valence-corrected chi connectivity index (χ3v) is 5.67. The van der Waals surface area contributed by atoms with Crippen molar-refractivity contribution in [1.29, 1.82) is 0 Å². The predicted molar refractivity (Wildman–Crippen MR) is 94.2 cm³/mol. The van der Waals surface area contributed by atoms with Crippen LogP contribution in [0.25, 0.3) is 0 Å². The molecule has 0 aromatic carbocycles. The molecule has 2 aromatic rings. The first-order valence-electron chi connectivity index (χ1n) is 8.22. The molecule has 0 spiro atoms. The molecule has 3 rings (SSSR count). The van der Waals surface area contributed by atoms with E-state index in [1.54, 1.807) is 13.8 Å². The maximum atomic E-state index is 12.8. The molecule has 134 valence electrons. The molecule has 7 nitrogen and oxygen atoms in total. The lowest BCUT2D eigenvalue weighted by atomic mass is 10.1. The Morgan fingerprint density at radius 3 is 2.60 bits per heavy atom. The molecule has 0 aliphatic heterocycles. The highest BCUT2D eigenvalue weighted by Gasteiger charge is 2.31. The van der Waals surface area contributed by atoms with Crippen molar-refractivity contribution in [3.63, 3.8) is 0 Å². The molecule has 2 heterocycles. The van der Waals surface area contributed by atoms with Gasteiger partial charge in [-0.1, -0.05) is 11.8 Å². The Hall–Kier alpha value is -2.09. The molecule has 0 amide bonds. The molecule has 1 aliphatic carbocycles. The maximum Gasteiger partial charge on any atom is 0.339 e. The van der Waals surface area contributed by atoms with Crippen molar-refractivity contribution in [3.8, 4) is 0 Å². The van der Waals surface area contributed by atoms with Gasteiger partial charge in [-0.2, -0.15) is 0 Å². The van der Waals surface area contributed by atoms with Crippen molar-refractivity contribution in [2.24, 2.45) is 7.05 Å². The first-order valence-corrected chi connectivity index (χ1v) is 9.10. The summed E-state index contributed by atoms with van der Waals surface area (Å²) < 4.78 is 6.77. The Kier molecular flexibility index (Phi) is 4.73. The summed E-state index contributed by atoms with van der Waals surface area (Å²) in [6, 6.07) is 0. The number of ketones is 1. The molecule has 1 saturated carbocycles. The summed E-state index contributed by atoms with van der Waals surface area (Å²) in [5.41, 5.74) is 2.14. The number of aromatic nitrogens is 4. The van der Waals surface area contributed by atoms with Gasteiger partial charge in [-0.05, 0) is 39.2 Å². The highest BCUT2D eigenvalue weighted by molar-refractivity contribution is 8.00. The third kappa shape index (κ3) is 3.22. The molecule has 25 heavy (non-hydrogen) atoms. The van der Waals surface area contributed by atoms with E-state index >= 15 is 0 Å². The number of methoxy groups -OCH3 is 1. The van der Waals surface area contributed by atoms with E-state index in [1.807, 2.05) is 18.5 Å². The summed E-state index contributed by atoms with van der Waals surface area (Å²) in [7, 11) is 3.27. The van der Waals surface area contributed by atoms with Crippen molar-refractivity contribution >= 4 is 23.5 Å². The Labute approximate surface area is 150 Å². The van der Waals surface area contributed by atoms with Crippen LogP contribution in [0.5, 0.6) is 0 Å². The summed E-state index contributed by atoms with van der Waals surface area (Å²) in [6.07, 6.45) is 2.31. The quantitative estimate of drug-likeness (QED) is 0.483. The topological polar surface area (TPSA) is 89.9 Å². The maximum absolute atomic E-state index is 12.8. The zero-order chi connectivity index (χ0) is 18.3. The number of nitrogens with zero attached hydrogens (tertiary/aromatic N) is 3. The van der Waals surface area contributed by atoms with Crippen LogP contribution >= 0.6 is 11.8 Å². The van der Waals surface area contributed by atoms with Crippen molar-refractivity contribution in [1.82, 2.24) is 19.7 Å². The number of rotatable bonds is 6. The van der Waals surface area contributed by atoms with Crippen molar-refractivity contribution in [3.05, 3.63) is 28.3 Å². The van der Waals surface area contributed by atoms with E-state index in [2.05, 4.69) is 15.2 Å². The smallest absolute Gasteiger partial charge is 0.339 e. The SMILES string of the molecule is COC(=O)c1c(C)[nH]c(C(=O)[C@@H](C)Sc2nnc(C3CC3)n2C)c1C. The van der Waals surface area contributed by atoms with Gasteiger partial charge >= 0.3 is 5.97 Å². The number of thioether (sulfide) groups is 1. The number of carbonyl (C=O) groups excluding carboxylic acids is 2. The monoisotopic (exact) mass is 362 g/mol. The normalized spacial score (nSPS) is 15.2. The second-order valence-electron chi connectivity index (χ2n) is 6.41. The molecule has 0 saturated heterocycles. The number of ether oxygens (including phenoxy) is 1. The van der Waals surface area contributed by atoms with Crippen LogP contribution in [0.15, 0.2) is 5.16 Å². The molecule has 0 bridgehead atoms. The number of esters is 1. The van der Waals surface area contributed by atoms with E-state index < -0.39 is 5.97 Å². The van der Waals surface area contributed by atoms with Crippen LogP contribution in [0.4, 0.5) is 0 Å². The van der Waals surface area contributed by atoms with Gasteiger partial charge in [-0.3, -0.25) is 4.79 Å². The summed E-state index contributed by atoms with van der Waals surface area (Å²) in [4.78, 5) is 27.8. The molecule has 1 N–H and O–H groups in total. The van der Waals surface area contributed by atoms with Crippen molar-refractivity contribution < 1.29 is 14.3 Å². The summed E-state index contributed by atoms with van der Waals surface area (Å²) in [5.74, 6) is 0.987. The van der Waals surface area contributed by atoms with Crippen molar-refractivity contribution in [2.45, 2.75) is 49.9 Å². The van der Waals surface area contributed by atoms with E-state index in [0.29, 0.717) is 28.4 Å². The van der Waals surface area contributed by atoms with E-state index in [1.165, 1.54) is 18.9 Å². The van der Waals surface area contributed by atoms with Gasteiger partial charge in [0, 0.05) is 18.7 Å². The van der Waals surface area contributed by atoms with Crippen LogP contribution < -0.4 is 0 Å². The fourth-order valence-corrected chi connectivity index (χ4v) is 3.83. The Morgan fingerprint density at radius 1 is 1.32 bits per heavy atom. The van der Waals surface area contributed by atoms with Gasteiger partial charge in [-0.25, -0.2) is 4.79 Å². The van der Waals surface area contributed by atoms with E-state index in [0.717, 1.165) is 23.8 Å². The van der Waals surface area contributed by atoms with E-state index in [9.17, 15) is 9.59 Å². The molecule has 1 atom stereocenters. The number of Topliss-reactive ketones (excluding diaryl/α,β-unsaturated/α-hetero) is 1. The zero-order valence-electron chi connectivity index (χ0n) is 15.0. The van der Waals surface area contributed by atoms with Gasteiger partial charge in [0.2, 0.25) is 0 Å². The largest absolute Gasteiger partial charge is 0.465 e. The minimum Gasteiger partial charge on any atom is -0.465 e. The minimum absolute atomic E-state index is 0.0725. The Morgan fingerprint density at radius 2 is 2.00 bits per heavy atom. The van der Waals surface area contributed by atoms with Gasteiger partial charge < -0.3 is 14.3 Å². The number of nitrogens with one attached hydrogen (secondary N) is 1. The van der Waals surface area contributed by atoms with Crippen LogP contribution in [0.3, 0.4) is 0 Å². The lowest BCUT2D eigenvalue weighted by Crippen LogP contribution is -2.16. The third-order valence-electron chi connectivity index (χ3n) is 4.54. The minimum atomic E-state index is -0.437. The van der Waals surface area contributed by atoms with Crippen molar-refractivity contribution in [2.75, 3.05) is 7.11 Å². The van der Waals surface area contributed by atoms with E-state index in [4.69, 9.17) is 4.74 Å². The van der Waals surface area contributed by atoms with Crippen LogP contribution in [0.2, 0.25) is 0 Å². The highest BCUT2D eigenvalue weighted by atomic mass is 32.2. The average molecular weight is 362 g/mol. The molecule has 0 unspecified atom stereocenters. The number of hydrogen-bond acceptors (Lipinski definition) is 6. The summed E-state index contributed by atoms with van der Waals surface area (Å²) in [6.45, 7) is 5.36. The average Bonchev–Trinajstić information content (AvgIpc) is 3.30. The van der Waals surface area contributed by atoms with Gasteiger partial charge in [0.25, 0.3) is 0 Å². The van der Waals surface area contributed by atoms with Gasteiger partial charge in [0.05, 0.1) is 23.6 Å². The lowest BCUT2D eigenvalue weighted by molar-refractivity contribution is 0.0599. The lowest BCUT2D eigenvalue weighted by Gasteiger charge is -2.10. The standard InChI is InChI=1S/C17H22N4O3S/c1-8-12(16(23)24-5)9(2)18-13(8)14(22)10(3)25-17-20-19-15(21(17)4)11-6-7-11/h10-11,18H,6-7H2,1-5H3/t10-/m1/s1. The number of aromatic amines is 1. The van der Waals surface area contributed by atoms with Crippen LogP contribution in [0, 0.1) is 13.8 Å². The number of H-pyrrole nitrogens is 1. The van der Waals surface area contributed by atoms with Crippen LogP contribution in [-0.2, 0) is 11.8 Å². The molecule has 8 heteroatoms. The first-order chi connectivity index (χ1) is 11.8. The molecule has 1 aliphatic rings. The summed E-state index contributed by atoms with van der Waals surface area (Å²) in [5, 5.41) is 8.85. The molecular formula is C17H22N4O3S. The number of hydrogen-bond donors (Lipinski definition) is 1. The van der Waals surface area contributed by atoms with Crippen LogP contribution in [-0.4, -0.2) is 43.9 Å². The highest BCUT2D eigenvalue weighted by Crippen LogP contribution is 2.40. The second kappa shape index (κ2) is 6.67. The zero-order valence-corrected chi connectivity index (χ0v) is 15.9.